The van der Waals surface area contributed by atoms with Crippen LogP contribution in [-0.4, -0.2) is 95.6 Å². The Kier molecular flexibility index (Phi) is 8.04. The van der Waals surface area contributed by atoms with Gasteiger partial charge < -0.3 is 20.1 Å². The summed E-state index contributed by atoms with van der Waals surface area (Å²) in [4.78, 5) is 16.6. The zero-order valence-corrected chi connectivity index (χ0v) is 29.0. The first-order valence-electron chi connectivity index (χ1n) is 17.5. The van der Waals surface area contributed by atoms with Crippen LogP contribution in [0.2, 0.25) is 5.02 Å². The second-order valence-corrected chi connectivity index (χ2v) is 15.9. The molecular formula is C36H37ClF3N7O2S. The molecule has 9 rings (SSSR count). The second kappa shape index (κ2) is 12.4. The molecule has 262 valence electrons. The Labute approximate surface area is 296 Å². The zero-order chi connectivity index (χ0) is 34.3. The fourth-order valence-electron chi connectivity index (χ4n) is 9.56. The number of alkyl halides is 1. The van der Waals surface area contributed by atoms with Crippen LogP contribution in [0.1, 0.15) is 50.5 Å². The lowest BCUT2D eigenvalue weighted by molar-refractivity contribution is 0.00915. The Morgan fingerprint density at radius 2 is 1.88 bits per heavy atom. The molecule has 4 atom stereocenters. The van der Waals surface area contributed by atoms with Crippen LogP contribution in [0, 0.1) is 23.0 Å². The van der Waals surface area contributed by atoms with Crippen LogP contribution in [0.4, 0.5) is 24.0 Å². The molecule has 2 bridgehead atoms. The summed E-state index contributed by atoms with van der Waals surface area (Å²) >= 11 is 7.88. The normalized spacial score (nSPS) is 27.4. The van der Waals surface area contributed by atoms with Gasteiger partial charge in [-0.15, -0.1) is 11.3 Å². The van der Waals surface area contributed by atoms with E-state index in [1.54, 1.807) is 6.07 Å². The van der Waals surface area contributed by atoms with Crippen LogP contribution >= 0.6 is 22.9 Å². The SMILES string of the molecule is N#Cc1c(N)sc2c(F)ccc(-c3c(Cl)cc4c(N5C[C@H]6CC[C@@H](C5)N6C5CCOCC5)nc(OC[C@@]56CCCN5C[C@H](F)C6)nc4c3F)c12. The molecule has 2 aromatic carbocycles. The van der Waals surface area contributed by atoms with Gasteiger partial charge in [0.05, 0.1) is 20.8 Å². The van der Waals surface area contributed by atoms with Crippen molar-refractivity contribution >= 4 is 54.7 Å². The summed E-state index contributed by atoms with van der Waals surface area (Å²) in [5.41, 5.74) is 6.00. The summed E-state index contributed by atoms with van der Waals surface area (Å²) in [7, 11) is 0. The van der Waals surface area contributed by atoms with Crippen molar-refractivity contribution in [2.24, 2.45) is 0 Å². The number of benzene rings is 2. The number of aromatic nitrogens is 2. The number of hydrogen-bond acceptors (Lipinski definition) is 10. The maximum absolute atomic E-state index is 17.2. The smallest absolute Gasteiger partial charge is 0.319 e. The molecule has 0 amide bonds. The van der Waals surface area contributed by atoms with Crippen LogP contribution in [0.15, 0.2) is 18.2 Å². The predicted octanol–water partition coefficient (Wildman–Crippen LogP) is 6.68. The van der Waals surface area contributed by atoms with E-state index in [1.165, 1.54) is 12.1 Å². The molecule has 0 radical (unpaired) electrons. The van der Waals surface area contributed by atoms with E-state index in [0.29, 0.717) is 55.4 Å². The Hall–Kier alpha value is -3.41. The highest BCUT2D eigenvalue weighted by Crippen LogP contribution is 2.47. The summed E-state index contributed by atoms with van der Waals surface area (Å²) in [6.45, 7) is 4.36. The number of hydrogen-bond donors (Lipinski definition) is 1. The predicted molar refractivity (Wildman–Crippen MR) is 188 cm³/mol. The Balaban J connectivity index is 1.16. The van der Waals surface area contributed by atoms with Gasteiger partial charge >= 0.3 is 6.01 Å². The molecule has 5 saturated heterocycles. The zero-order valence-electron chi connectivity index (χ0n) is 27.4. The topological polar surface area (TPSA) is 104 Å². The van der Waals surface area contributed by atoms with Gasteiger partial charge in [0.1, 0.15) is 41.0 Å². The third kappa shape index (κ3) is 5.12. The van der Waals surface area contributed by atoms with Gasteiger partial charge in [0, 0.05) is 73.7 Å². The lowest BCUT2D eigenvalue weighted by atomic mass is 9.95. The first-order chi connectivity index (χ1) is 24.2. The Morgan fingerprint density at radius 3 is 2.64 bits per heavy atom. The van der Waals surface area contributed by atoms with Crippen molar-refractivity contribution in [1.29, 1.82) is 5.26 Å². The number of anilines is 2. The van der Waals surface area contributed by atoms with Gasteiger partial charge in [0.25, 0.3) is 0 Å². The first kappa shape index (κ1) is 32.5. The van der Waals surface area contributed by atoms with Crippen molar-refractivity contribution in [2.45, 2.75) is 74.8 Å². The summed E-state index contributed by atoms with van der Waals surface area (Å²) < 4.78 is 58.9. The van der Waals surface area contributed by atoms with E-state index in [2.05, 4.69) is 25.8 Å². The molecule has 14 heteroatoms. The van der Waals surface area contributed by atoms with Gasteiger partial charge in [0.15, 0.2) is 5.82 Å². The number of nitrogens with zero attached hydrogens (tertiary/aromatic N) is 6. The molecule has 0 saturated carbocycles. The lowest BCUT2D eigenvalue weighted by Gasteiger charge is -2.46. The van der Waals surface area contributed by atoms with E-state index in [-0.39, 0.29) is 54.9 Å². The number of nitriles is 1. The molecule has 2 N–H and O–H groups in total. The number of piperazine rings is 1. The van der Waals surface area contributed by atoms with Crippen LogP contribution < -0.4 is 15.4 Å². The summed E-state index contributed by atoms with van der Waals surface area (Å²) in [6, 6.07) is 7.52. The summed E-state index contributed by atoms with van der Waals surface area (Å²) in [5.74, 6) is -0.744. The minimum absolute atomic E-state index is 0.00454. The molecule has 9 nitrogen and oxygen atoms in total. The third-order valence-corrected chi connectivity index (χ3v) is 13.0. The molecule has 2 aromatic heterocycles. The molecule has 50 heavy (non-hydrogen) atoms. The quantitative estimate of drug-likeness (QED) is 0.233. The number of nitrogens with two attached hydrogens (primary N) is 1. The summed E-state index contributed by atoms with van der Waals surface area (Å²) in [5, 5.41) is 10.8. The van der Waals surface area contributed by atoms with Crippen molar-refractivity contribution in [3.05, 3.63) is 40.4 Å². The Morgan fingerprint density at radius 1 is 1.10 bits per heavy atom. The summed E-state index contributed by atoms with van der Waals surface area (Å²) in [6.07, 6.45) is 5.40. The fraction of sp³-hybridized carbons (Fsp3) is 0.528. The lowest BCUT2D eigenvalue weighted by Crippen LogP contribution is -2.58. The van der Waals surface area contributed by atoms with E-state index in [4.69, 9.17) is 31.8 Å². The van der Waals surface area contributed by atoms with Crippen LogP contribution in [-0.2, 0) is 4.74 Å². The van der Waals surface area contributed by atoms with E-state index >= 15 is 4.39 Å². The van der Waals surface area contributed by atoms with Gasteiger partial charge in [-0.2, -0.15) is 15.2 Å². The highest BCUT2D eigenvalue weighted by atomic mass is 35.5. The van der Waals surface area contributed by atoms with Crippen LogP contribution in [0.3, 0.4) is 0 Å². The van der Waals surface area contributed by atoms with E-state index in [0.717, 1.165) is 69.6 Å². The first-order valence-corrected chi connectivity index (χ1v) is 18.7. The molecule has 7 heterocycles. The van der Waals surface area contributed by atoms with Gasteiger partial charge in [-0.3, -0.25) is 9.80 Å². The Bertz CT molecular complexity index is 2040. The molecule has 0 spiro atoms. The minimum Gasteiger partial charge on any atom is -0.461 e. The molecule has 5 aliphatic rings. The molecule has 5 fully saturated rings. The van der Waals surface area contributed by atoms with E-state index < -0.39 is 23.3 Å². The fourth-order valence-corrected chi connectivity index (χ4v) is 10.8. The molecule has 5 aliphatic heterocycles. The standard InChI is InChI=1S/C36H37ClF3N7O2S/c37-26-12-24-31(30(40)29(26)23-4-5-27(39)32-28(23)25(14-41)33(42)50-32)43-35(49-18-36-8-1-9-46(36)15-19(38)13-36)44-34(24)45-16-21-2-3-22(17-45)47(21)20-6-10-48-11-7-20/h4-5,12,19-22H,1-3,6-11,13,15-18,42H2/t19-,21-,22+,36+/m1/s1. The number of fused-ring (bicyclic) bond motifs is 5. The van der Waals surface area contributed by atoms with Gasteiger partial charge in [-0.05, 0) is 62.8 Å². The van der Waals surface area contributed by atoms with Crippen molar-refractivity contribution in [2.75, 3.05) is 56.6 Å². The molecular weight excluding hydrogens is 687 g/mol. The van der Waals surface area contributed by atoms with Crippen LogP contribution in [0.25, 0.3) is 32.1 Å². The number of thiophene rings is 1. The van der Waals surface area contributed by atoms with E-state index in [9.17, 15) is 14.0 Å². The molecule has 0 unspecified atom stereocenters. The largest absolute Gasteiger partial charge is 0.461 e. The van der Waals surface area contributed by atoms with Gasteiger partial charge in [-0.1, -0.05) is 17.7 Å². The average Bonchev–Trinajstić information content (AvgIpc) is 3.82. The van der Waals surface area contributed by atoms with Crippen molar-refractivity contribution in [1.82, 2.24) is 19.8 Å². The van der Waals surface area contributed by atoms with E-state index in [1.807, 2.05) is 0 Å². The highest BCUT2D eigenvalue weighted by molar-refractivity contribution is 7.23. The maximum Gasteiger partial charge on any atom is 0.319 e. The average molecular weight is 724 g/mol. The van der Waals surface area contributed by atoms with Crippen molar-refractivity contribution in [3.8, 4) is 23.2 Å². The van der Waals surface area contributed by atoms with Crippen LogP contribution in [0.5, 0.6) is 6.01 Å². The maximum atomic E-state index is 17.2. The highest BCUT2D eigenvalue weighted by Gasteiger charge is 2.50. The number of nitrogen functional groups attached to an aromatic ring is 1. The number of halogens is 4. The molecule has 4 aromatic rings. The molecule has 0 aliphatic carbocycles. The van der Waals surface area contributed by atoms with Crippen molar-refractivity contribution in [3.63, 3.8) is 0 Å². The van der Waals surface area contributed by atoms with Gasteiger partial charge in [0.2, 0.25) is 0 Å². The third-order valence-electron chi connectivity index (χ3n) is 11.7. The van der Waals surface area contributed by atoms with Gasteiger partial charge in [-0.25, -0.2) is 13.2 Å². The van der Waals surface area contributed by atoms with Crippen molar-refractivity contribution < 1.29 is 22.6 Å². The second-order valence-electron chi connectivity index (χ2n) is 14.5. The monoisotopic (exact) mass is 723 g/mol. The number of ether oxygens (including phenoxy) is 2. The minimum atomic E-state index is -0.923. The number of rotatable bonds is 6.